The second-order valence-electron chi connectivity index (χ2n) is 8.78. The van der Waals surface area contributed by atoms with E-state index in [0.29, 0.717) is 23.6 Å². The summed E-state index contributed by atoms with van der Waals surface area (Å²) in [4.78, 5) is 29.7. The van der Waals surface area contributed by atoms with Crippen LogP contribution in [0.3, 0.4) is 0 Å². The number of anilines is 1. The lowest BCUT2D eigenvalue weighted by atomic mass is 10.1. The van der Waals surface area contributed by atoms with Gasteiger partial charge in [0.05, 0.1) is 12.1 Å². The number of aromatic nitrogens is 1. The molecule has 1 saturated heterocycles. The quantitative estimate of drug-likeness (QED) is 0.325. The summed E-state index contributed by atoms with van der Waals surface area (Å²) in [6.45, 7) is 2.22. The van der Waals surface area contributed by atoms with Crippen LogP contribution in [0.1, 0.15) is 40.0 Å². The highest BCUT2D eigenvalue weighted by Gasteiger charge is 2.33. The molecule has 2 aromatic carbocycles. The first-order valence-corrected chi connectivity index (χ1v) is 12.1. The fourth-order valence-electron chi connectivity index (χ4n) is 3.94. The number of pyridine rings is 1. The maximum Gasteiger partial charge on any atom is 0.417 e. The summed E-state index contributed by atoms with van der Waals surface area (Å²) in [5, 5.41) is 2.46. The molecule has 2 heterocycles. The number of likely N-dealkylation sites (tertiary alicyclic amines) is 1. The molecule has 3 aromatic rings. The van der Waals surface area contributed by atoms with Crippen molar-refractivity contribution in [2.24, 2.45) is 5.73 Å². The third kappa shape index (κ3) is 7.93. The number of hydrogen-bond donors (Lipinski definition) is 2. The van der Waals surface area contributed by atoms with E-state index >= 15 is 0 Å². The van der Waals surface area contributed by atoms with Gasteiger partial charge in [-0.1, -0.05) is 24.0 Å². The molecule has 2 amide bonds. The second kappa shape index (κ2) is 12.3. The van der Waals surface area contributed by atoms with Crippen LogP contribution in [0.4, 0.5) is 18.9 Å². The summed E-state index contributed by atoms with van der Waals surface area (Å²) in [6.07, 6.45) is 1.61. The fourth-order valence-corrected chi connectivity index (χ4v) is 3.94. The molecule has 39 heavy (non-hydrogen) atoms. The normalized spacial score (nSPS) is 13.6. The van der Waals surface area contributed by atoms with E-state index in [0.717, 1.165) is 32.0 Å². The Morgan fingerprint density at radius 3 is 2.59 bits per heavy atom. The minimum absolute atomic E-state index is 0.00194. The van der Waals surface area contributed by atoms with Gasteiger partial charge in [0, 0.05) is 29.6 Å². The molecule has 4 rings (SSSR count). The third-order valence-corrected chi connectivity index (χ3v) is 5.82. The molecule has 0 unspecified atom stereocenters. The Hall–Kier alpha value is -4.62. The molecular formula is C29H25F3N4O3. The lowest BCUT2D eigenvalue weighted by Crippen LogP contribution is -2.19. The molecule has 1 aliphatic rings. The monoisotopic (exact) mass is 534 g/mol. The van der Waals surface area contributed by atoms with Gasteiger partial charge in [0.2, 0.25) is 5.91 Å². The molecule has 1 aliphatic heterocycles. The van der Waals surface area contributed by atoms with Crippen molar-refractivity contribution in [2.75, 3.05) is 25.0 Å². The fraction of sp³-hybridized carbons (Fsp3) is 0.207. The maximum absolute atomic E-state index is 13.7. The van der Waals surface area contributed by atoms with Crippen LogP contribution in [-0.2, 0) is 11.0 Å². The minimum Gasteiger partial charge on any atom is -0.457 e. The van der Waals surface area contributed by atoms with Crippen molar-refractivity contribution in [3.63, 3.8) is 0 Å². The number of carbonyl (C=O) groups is 2. The number of alkyl halides is 3. The number of amides is 2. The van der Waals surface area contributed by atoms with Gasteiger partial charge in [-0.25, -0.2) is 0 Å². The van der Waals surface area contributed by atoms with Crippen molar-refractivity contribution in [3.8, 4) is 23.3 Å². The Kier molecular flexibility index (Phi) is 8.63. The van der Waals surface area contributed by atoms with Crippen molar-refractivity contribution < 1.29 is 27.5 Å². The zero-order valence-corrected chi connectivity index (χ0v) is 20.8. The standard InChI is InChI=1S/C29H25F3N4O3/c30-29(31,32)25-18-22(10-9-21(25)6-4-16-36-14-1-2-15-36)35-27(37)11-8-20-5-3-7-23(17-20)39-24-12-13-34-26(19-24)28(33)38/h3,5,7-13,17-19H,1-2,14-16H2,(H2,33,38)(H,35,37)/b11-8+. The molecule has 3 N–H and O–H groups in total. The number of nitrogens with one attached hydrogen (secondary N) is 1. The van der Waals surface area contributed by atoms with Gasteiger partial charge >= 0.3 is 6.18 Å². The van der Waals surface area contributed by atoms with Crippen molar-refractivity contribution in [2.45, 2.75) is 19.0 Å². The predicted octanol–water partition coefficient (Wildman–Crippen LogP) is 5.09. The van der Waals surface area contributed by atoms with E-state index in [9.17, 15) is 22.8 Å². The maximum atomic E-state index is 13.7. The molecule has 10 heteroatoms. The first-order valence-electron chi connectivity index (χ1n) is 12.1. The number of carbonyl (C=O) groups excluding carboxylic acids is 2. The number of primary amides is 1. The SMILES string of the molecule is NC(=O)c1cc(Oc2cccc(/C=C/C(=O)Nc3ccc(C#CCN4CCCC4)c(C(F)(F)F)c3)c2)ccn1. The van der Waals surface area contributed by atoms with Gasteiger partial charge in [-0.05, 0) is 74.0 Å². The Bertz CT molecular complexity index is 1450. The lowest BCUT2D eigenvalue weighted by molar-refractivity contribution is -0.137. The summed E-state index contributed by atoms with van der Waals surface area (Å²) in [5.74, 6) is 4.93. The van der Waals surface area contributed by atoms with E-state index in [1.807, 2.05) is 0 Å². The van der Waals surface area contributed by atoms with Gasteiger partial charge in [0.1, 0.15) is 17.2 Å². The number of nitrogens with two attached hydrogens (primary N) is 1. The van der Waals surface area contributed by atoms with Crippen LogP contribution >= 0.6 is 0 Å². The molecule has 0 saturated carbocycles. The molecule has 0 aliphatic carbocycles. The molecule has 0 bridgehead atoms. The highest BCUT2D eigenvalue weighted by atomic mass is 19.4. The van der Waals surface area contributed by atoms with Gasteiger partial charge in [0.15, 0.2) is 0 Å². The van der Waals surface area contributed by atoms with Crippen molar-refractivity contribution in [3.05, 3.63) is 89.3 Å². The average molecular weight is 535 g/mol. The van der Waals surface area contributed by atoms with Crippen LogP contribution in [0.2, 0.25) is 0 Å². The van der Waals surface area contributed by atoms with Crippen LogP contribution in [0.15, 0.2) is 66.9 Å². The van der Waals surface area contributed by atoms with Crippen LogP contribution < -0.4 is 15.8 Å². The van der Waals surface area contributed by atoms with Crippen molar-refractivity contribution >= 4 is 23.6 Å². The molecular weight excluding hydrogens is 509 g/mol. The van der Waals surface area contributed by atoms with E-state index in [1.165, 1.54) is 36.5 Å². The highest BCUT2D eigenvalue weighted by molar-refractivity contribution is 6.02. The van der Waals surface area contributed by atoms with E-state index in [4.69, 9.17) is 10.5 Å². The number of benzene rings is 2. The first-order chi connectivity index (χ1) is 18.7. The predicted molar refractivity (Wildman–Crippen MR) is 141 cm³/mol. The number of rotatable bonds is 7. The summed E-state index contributed by atoms with van der Waals surface area (Å²) in [7, 11) is 0. The van der Waals surface area contributed by atoms with Gasteiger partial charge < -0.3 is 15.8 Å². The average Bonchev–Trinajstić information content (AvgIpc) is 3.42. The molecule has 7 nitrogen and oxygen atoms in total. The van der Waals surface area contributed by atoms with Crippen LogP contribution in [-0.4, -0.2) is 41.3 Å². The highest BCUT2D eigenvalue weighted by Crippen LogP contribution is 2.33. The van der Waals surface area contributed by atoms with Crippen molar-refractivity contribution in [1.29, 1.82) is 0 Å². The summed E-state index contributed by atoms with van der Waals surface area (Å²) in [5.41, 5.74) is 4.85. The third-order valence-electron chi connectivity index (χ3n) is 5.82. The molecule has 1 fully saturated rings. The van der Waals surface area contributed by atoms with E-state index < -0.39 is 23.6 Å². The zero-order valence-electron chi connectivity index (χ0n) is 20.8. The Balaban J connectivity index is 1.42. The van der Waals surface area contributed by atoms with Gasteiger partial charge in [-0.15, -0.1) is 0 Å². The number of hydrogen-bond acceptors (Lipinski definition) is 5. The Labute approximate surface area is 223 Å². The molecule has 0 radical (unpaired) electrons. The Morgan fingerprint density at radius 2 is 1.85 bits per heavy atom. The number of halogens is 3. The number of nitrogens with zero attached hydrogens (tertiary/aromatic N) is 2. The van der Waals surface area contributed by atoms with Crippen LogP contribution in [0.5, 0.6) is 11.5 Å². The minimum atomic E-state index is -4.62. The largest absolute Gasteiger partial charge is 0.457 e. The second-order valence-corrected chi connectivity index (χ2v) is 8.78. The molecule has 0 spiro atoms. The first kappa shape index (κ1) is 27.4. The summed E-state index contributed by atoms with van der Waals surface area (Å²) in [6, 6.07) is 13.2. The van der Waals surface area contributed by atoms with Gasteiger partial charge in [-0.3, -0.25) is 19.5 Å². The van der Waals surface area contributed by atoms with Crippen molar-refractivity contribution in [1.82, 2.24) is 9.88 Å². The Morgan fingerprint density at radius 1 is 1.08 bits per heavy atom. The van der Waals surface area contributed by atoms with Crippen LogP contribution in [0.25, 0.3) is 6.08 Å². The number of ether oxygens (including phenoxy) is 1. The smallest absolute Gasteiger partial charge is 0.417 e. The van der Waals surface area contributed by atoms with E-state index in [-0.39, 0.29) is 16.9 Å². The van der Waals surface area contributed by atoms with E-state index in [1.54, 1.807) is 30.3 Å². The molecule has 200 valence electrons. The summed E-state index contributed by atoms with van der Waals surface area (Å²) < 4.78 is 46.8. The lowest BCUT2D eigenvalue weighted by Gasteiger charge is -2.12. The zero-order chi connectivity index (χ0) is 27.8. The molecule has 1 aromatic heterocycles. The van der Waals surface area contributed by atoms with Gasteiger partial charge in [-0.2, -0.15) is 13.2 Å². The summed E-state index contributed by atoms with van der Waals surface area (Å²) >= 11 is 0. The van der Waals surface area contributed by atoms with Gasteiger partial charge in [0.25, 0.3) is 5.91 Å². The topological polar surface area (TPSA) is 97.6 Å². The van der Waals surface area contributed by atoms with Crippen LogP contribution in [0, 0.1) is 11.8 Å². The molecule has 0 atom stereocenters. The van der Waals surface area contributed by atoms with E-state index in [2.05, 4.69) is 27.0 Å².